The molecule has 2 aromatic heterocycles. The largest absolute Gasteiger partial charge is 0.135 e. The Morgan fingerprint density at radius 2 is 0.833 bits per heavy atom. The highest BCUT2D eigenvalue weighted by Crippen LogP contribution is 2.53. The molecule has 0 amide bonds. The summed E-state index contributed by atoms with van der Waals surface area (Å²) in [5.41, 5.74) is 6.48. The van der Waals surface area contributed by atoms with Crippen LogP contribution >= 0.6 is 22.7 Å². The van der Waals surface area contributed by atoms with Gasteiger partial charge in [-0.2, -0.15) is 0 Å². The molecule has 0 saturated carbocycles. The molecule has 0 unspecified atom stereocenters. The molecule has 7 aromatic carbocycles. The molecule has 0 nitrogen and oxygen atoms in total. The molecule has 0 aliphatic rings. The van der Waals surface area contributed by atoms with Crippen molar-refractivity contribution in [2.45, 2.75) is 0 Å². The van der Waals surface area contributed by atoms with Crippen molar-refractivity contribution in [3.63, 3.8) is 0 Å². The number of thiophene rings is 2. The lowest BCUT2D eigenvalue weighted by atomic mass is 9.84. The molecule has 42 heavy (non-hydrogen) atoms. The fraction of sp³-hybridized carbons (Fsp3) is 0. The van der Waals surface area contributed by atoms with Crippen LogP contribution in [-0.4, -0.2) is 0 Å². The van der Waals surface area contributed by atoms with E-state index in [1.165, 1.54) is 84.5 Å². The van der Waals surface area contributed by atoms with E-state index in [-0.39, 0.29) is 0 Å². The van der Waals surface area contributed by atoms with Gasteiger partial charge in [0, 0.05) is 40.7 Å². The van der Waals surface area contributed by atoms with E-state index < -0.39 is 0 Å². The topological polar surface area (TPSA) is 0 Å². The third kappa shape index (κ3) is 3.46. The second kappa shape index (κ2) is 9.39. The second-order valence-electron chi connectivity index (χ2n) is 10.8. The average Bonchev–Trinajstić information content (AvgIpc) is 3.63. The van der Waals surface area contributed by atoms with Gasteiger partial charge >= 0.3 is 0 Å². The molecule has 2 heteroatoms. The van der Waals surface area contributed by atoms with Gasteiger partial charge in [-0.15, -0.1) is 22.7 Å². The summed E-state index contributed by atoms with van der Waals surface area (Å²) in [4.78, 5) is 1.33. The van der Waals surface area contributed by atoms with Gasteiger partial charge in [0.15, 0.2) is 0 Å². The summed E-state index contributed by atoms with van der Waals surface area (Å²) < 4.78 is 4.07. The molecule has 196 valence electrons. The lowest BCUT2D eigenvalue weighted by Crippen LogP contribution is -1.91. The van der Waals surface area contributed by atoms with E-state index in [4.69, 9.17) is 0 Å². The van der Waals surface area contributed by atoms with Crippen LogP contribution in [0, 0.1) is 0 Å². The number of rotatable bonds is 3. The molecule has 9 aromatic rings. The van der Waals surface area contributed by atoms with Crippen molar-refractivity contribution in [2.24, 2.45) is 0 Å². The van der Waals surface area contributed by atoms with Gasteiger partial charge in [-0.1, -0.05) is 133 Å². The highest BCUT2D eigenvalue weighted by atomic mass is 32.1. The van der Waals surface area contributed by atoms with E-state index in [9.17, 15) is 0 Å². The van der Waals surface area contributed by atoms with Crippen molar-refractivity contribution in [3.8, 4) is 32.7 Å². The maximum atomic E-state index is 2.37. The van der Waals surface area contributed by atoms with E-state index in [0.717, 1.165) is 0 Å². The Morgan fingerprint density at radius 1 is 0.310 bits per heavy atom. The molecule has 0 atom stereocenters. The minimum atomic E-state index is 1.25. The predicted molar refractivity (Wildman–Crippen MR) is 186 cm³/mol. The van der Waals surface area contributed by atoms with Crippen LogP contribution in [0.2, 0.25) is 0 Å². The molecule has 0 N–H and O–H groups in total. The van der Waals surface area contributed by atoms with Crippen molar-refractivity contribution >= 4 is 74.5 Å². The Morgan fingerprint density at radius 3 is 1.48 bits per heavy atom. The molecule has 0 aliphatic heterocycles. The molecular weight excluding hydrogens is 545 g/mol. The van der Waals surface area contributed by atoms with Gasteiger partial charge in [0.1, 0.15) is 0 Å². The number of hydrogen-bond donors (Lipinski definition) is 0. The van der Waals surface area contributed by atoms with E-state index in [1.54, 1.807) is 0 Å². The van der Waals surface area contributed by atoms with E-state index in [2.05, 4.69) is 146 Å². The monoisotopic (exact) mass is 568 g/mol. The van der Waals surface area contributed by atoms with Gasteiger partial charge in [-0.3, -0.25) is 0 Å². The van der Waals surface area contributed by atoms with Gasteiger partial charge in [0.05, 0.1) is 0 Å². The lowest BCUT2D eigenvalue weighted by Gasteiger charge is -2.18. The van der Waals surface area contributed by atoms with Gasteiger partial charge in [-0.25, -0.2) is 0 Å². The van der Waals surface area contributed by atoms with Crippen LogP contribution in [0.25, 0.3) is 84.5 Å². The highest BCUT2D eigenvalue weighted by molar-refractivity contribution is 7.28. The van der Waals surface area contributed by atoms with Crippen LogP contribution < -0.4 is 0 Å². The molecule has 9 rings (SSSR count). The first-order valence-corrected chi connectivity index (χ1v) is 15.9. The molecular formula is C40H24S2. The molecule has 0 radical (unpaired) electrons. The summed E-state index contributed by atoms with van der Waals surface area (Å²) in [5, 5.41) is 9.23. The van der Waals surface area contributed by atoms with E-state index >= 15 is 0 Å². The third-order valence-corrected chi connectivity index (χ3v) is 10.9. The highest BCUT2D eigenvalue weighted by Gasteiger charge is 2.24. The number of hydrogen-bond acceptors (Lipinski definition) is 2. The second-order valence-corrected chi connectivity index (χ2v) is 12.9. The van der Waals surface area contributed by atoms with Gasteiger partial charge in [0.2, 0.25) is 0 Å². The quantitative estimate of drug-likeness (QED) is 0.186. The van der Waals surface area contributed by atoms with Crippen molar-refractivity contribution in [3.05, 3.63) is 146 Å². The smallest absolute Gasteiger partial charge is 0.0449 e. The summed E-state index contributed by atoms with van der Waals surface area (Å²) in [6.07, 6.45) is 0. The zero-order valence-corrected chi connectivity index (χ0v) is 24.3. The summed E-state index contributed by atoms with van der Waals surface area (Å²) in [5.74, 6) is 0. The summed E-state index contributed by atoms with van der Waals surface area (Å²) in [7, 11) is 0. The normalized spacial score (nSPS) is 11.8. The van der Waals surface area contributed by atoms with Gasteiger partial charge in [0.25, 0.3) is 0 Å². The summed E-state index contributed by atoms with van der Waals surface area (Å²) >= 11 is 3.84. The standard InChI is InChI=1S/C40H24S2/c1-3-13-25(14-4-1)35-27-17-7-9-19-29(27)36(30-20-10-8-18-28(30)35)38-32-23-24-34-37(31-21-11-12-22-33(31)41-34)40(32)42-39(38)26-15-5-2-6-16-26/h1-24H. The van der Waals surface area contributed by atoms with E-state index in [0.29, 0.717) is 0 Å². The zero-order valence-electron chi connectivity index (χ0n) is 22.7. The third-order valence-electron chi connectivity index (χ3n) is 8.48. The predicted octanol–water partition coefficient (Wildman–Crippen LogP) is 12.6. The van der Waals surface area contributed by atoms with Crippen LogP contribution in [-0.2, 0) is 0 Å². The van der Waals surface area contributed by atoms with Crippen molar-refractivity contribution < 1.29 is 0 Å². The Bertz CT molecular complexity index is 2390. The van der Waals surface area contributed by atoms with Crippen LogP contribution in [0.5, 0.6) is 0 Å². The molecule has 0 spiro atoms. The van der Waals surface area contributed by atoms with Gasteiger partial charge in [-0.05, 0) is 55.9 Å². The van der Waals surface area contributed by atoms with Crippen LogP contribution in [0.15, 0.2) is 146 Å². The summed E-state index contributed by atoms with van der Waals surface area (Å²) in [6, 6.07) is 53.4. The first-order valence-electron chi connectivity index (χ1n) is 14.3. The Hall–Kier alpha value is -4.76. The molecule has 2 heterocycles. The Labute approximate surface area is 251 Å². The SMILES string of the molecule is c1ccc(-c2sc3c(ccc4sc5ccccc5c43)c2-c2c3ccccc3c(-c3ccccc3)c3ccccc23)cc1. The van der Waals surface area contributed by atoms with Crippen molar-refractivity contribution in [1.82, 2.24) is 0 Å². The van der Waals surface area contributed by atoms with E-state index in [1.807, 2.05) is 22.7 Å². The first-order chi connectivity index (χ1) is 20.9. The minimum absolute atomic E-state index is 1.25. The van der Waals surface area contributed by atoms with Gasteiger partial charge < -0.3 is 0 Å². The van der Waals surface area contributed by atoms with Crippen molar-refractivity contribution in [1.29, 1.82) is 0 Å². The van der Waals surface area contributed by atoms with Crippen LogP contribution in [0.3, 0.4) is 0 Å². The minimum Gasteiger partial charge on any atom is -0.135 e. The molecule has 0 bridgehead atoms. The van der Waals surface area contributed by atoms with Crippen LogP contribution in [0.1, 0.15) is 0 Å². The molecule has 0 fully saturated rings. The average molecular weight is 569 g/mol. The van der Waals surface area contributed by atoms with Crippen molar-refractivity contribution in [2.75, 3.05) is 0 Å². The fourth-order valence-corrected chi connectivity index (χ4v) is 9.27. The lowest BCUT2D eigenvalue weighted by molar-refractivity contribution is 1.66. The maximum absolute atomic E-state index is 2.37. The Balaban J connectivity index is 1.51. The maximum Gasteiger partial charge on any atom is 0.0449 e. The Kier molecular flexibility index (Phi) is 5.34. The number of benzene rings is 7. The summed E-state index contributed by atoms with van der Waals surface area (Å²) in [6.45, 7) is 0. The van der Waals surface area contributed by atoms with Crippen LogP contribution in [0.4, 0.5) is 0 Å². The number of fused-ring (bicyclic) bond motifs is 7. The fourth-order valence-electron chi connectivity index (χ4n) is 6.72. The first kappa shape index (κ1) is 23.9. The zero-order chi connectivity index (χ0) is 27.6. The molecule has 0 saturated heterocycles. The molecule has 0 aliphatic carbocycles.